The van der Waals surface area contributed by atoms with Crippen LogP contribution in [0.1, 0.15) is 33.6 Å². The summed E-state index contributed by atoms with van der Waals surface area (Å²) in [7, 11) is 2.17. The van der Waals surface area contributed by atoms with E-state index in [0.29, 0.717) is 5.41 Å². The van der Waals surface area contributed by atoms with Gasteiger partial charge in [0.1, 0.15) is 0 Å². The van der Waals surface area contributed by atoms with Gasteiger partial charge in [0.15, 0.2) is 0 Å². The first kappa shape index (κ1) is 12.5. The van der Waals surface area contributed by atoms with Crippen molar-refractivity contribution < 1.29 is 4.79 Å². The number of piperidine rings is 1. The number of hydrogen-bond acceptors (Lipinski definition) is 2. The molecule has 1 amide bonds. The smallest absolute Gasteiger partial charge is 0.219 e. The summed E-state index contributed by atoms with van der Waals surface area (Å²) in [6.45, 7) is 10.1. The van der Waals surface area contributed by atoms with Crippen molar-refractivity contribution in [2.45, 2.75) is 33.6 Å². The Bertz CT molecular complexity index is 212. The van der Waals surface area contributed by atoms with Gasteiger partial charge in [-0.2, -0.15) is 0 Å². The van der Waals surface area contributed by atoms with Crippen LogP contribution in [-0.4, -0.2) is 48.9 Å². The molecule has 2 aliphatic heterocycles. The third kappa shape index (κ3) is 2.71. The molecule has 0 atom stereocenters. The highest BCUT2D eigenvalue weighted by Gasteiger charge is 2.43. The van der Waals surface area contributed by atoms with Crippen molar-refractivity contribution in [3.8, 4) is 0 Å². The van der Waals surface area contributed by atoms with E-state index in [1.54, 1.807) is 6.92 Å². The first-order valence-electron chi connectivity index (χ1n) is 6.05. The lowest BCUT2D eigenvalue weighted by Crippen LogP contribution is -2.59. The Morgan fingerprint density at radius 3 is 1.93 bits per heavy atom. The molecule has 0 aromatic heterocycles. The average molecular weight is 212 g/mol. The summed E-state index contributed by atoms with van der Waals surface area (Å²) >= 11 is 0. The monoisotopic (exact) mass is 212 g/mol. The van der Waals surface area contributed by atoms with E-state index in [-0.39, 0.29) is 5.91 Å². The molecule has 0 bridgehead atoms. The van der Waals surface area contributed by atoms with Crippen LogP contribution >= 0.6 is 0 Å². The number of rotatable bonds is 0. The summed E-state index contributed by atoms with van der Waals surface area (Å²) in [4.78, 5) is 15.4. The largest absolute Gasteiger partial charge is 0.343 e. The maximum Gasteiger partial charge on any atom is 0.219 e. The van der Waals surface area contributed by atoms with E-state index in [2.05, 4.69) is 11.9 Å². The number of carbonyl (C=O) groups excluding carboxylic acids is 1. The minimum atomic E-state index is 0.238. The van der Waals surface area contributed by atoms with Gasteiger partial charge in [-0.15, -0.1) is 0 Å². The van der Waals surface area contributed by atoms with Gasteiger partial charge in [0.2, 0.25) is 5.91 Å². The topological polar surface area (TPSA) is 23.6 Å². The predicted octanol–water partition coefficient (Wildman–Crippen LogP) is 1.59. The van der Waals surface area contributed by atoms with Gasteiger partial charge in [-0.3, -0.25) is 4.79 Å². The van der Waals surface area contributed by atoms with Crippen molar-refractivity contribution in [2.24, 2.45) is 5.41 Å². The van der Waals surface area contributed by atoms with Crippen molar-refractivity contribution in [2.75, 3.05) is 33.2 Å². The number of hydrogen-bond donors (Lipinski definition) is 0. The van der Waals surface area contributed by atoms with Crippen LogP contribution < -0.4 is 0 Å². The van der Waals surface area contributed by atoms with Crippen molar-refractivity contribution in [3.63, 3.8) is 0 Å². The van der Waals surface area contributed by atoms with Crippen LogP contribution in [0.25, 0.3) is 0 Å². The predicted molar refractivity (Wildman–Crippen MR) is 62.8 cm³/mol. The number of carbonyl (C=O) groups is 1. The minimum absolute atomic E-state index is 0.238. The Morgan fingerprint density at radius 2 is 1.60 bits per heavy atom. The summed E-state index contributed by atoms with van der Waals surface area (Å²) in [6.07, 6.45) is 2.41. The van der Waals surface area contributed by atoms with Gasteiger partial charge in [-0.25, -0.2) is 0 Å². The maximum absolute atomic E-state index is 11.1. The molecular weight excluding hydrogens is 188 g/mol. The van der Waals surface area contributed by atoms with Crippen LogP contribution in [0.4, 0.5) is 0 Å². The standard InChI is InChI=1S/C10H18N2O.C2H6/c1-9(13)12-5-3-10(4-6-12)7-11(2)8-10;1-2/h3-8H2,1-2H3;1-2H3. The van der Waals surface area contributed by atoms with Gasteiger partial charge >= 0.3 is 0 Å². The molecule has 1 spiro atoms. The highest BCUT2D eigenvalue weighted by Crippen LogP contribution is 2.39. The highest BCUT2D eigenvalue weighted by molar-refractivity contribution is 5.73. The normalized spacial score (nSPS) is 24.1. The fourth-order valence-corrected chi connectivity index (χ4v) is 2.71. The van der Waals surface area contributed by atoms with Gasteiger partial charge < -0.3 is 9.80 Å². The maximum atomic E-state index is 11.1. The second-order valence-corrected chi connectivity index (χ2v) is 4.68. The van der Waals surface area contributed by atoms with Gasteiger partial charge in [-0.1, -0.05) is 13.8 Å². The molecule has 2 heterocycles. The number of nitrogens with zero attached hydrogens (tertiary/aromatic N) is 2. The Hall–Kier alpha value is -0.570. The zero-order chi connectivity index (χ0) is 11.5. The quantitative estimate of drug-likeness (QED) is 0.609. The first-order valence-corrected chi connectivity index (χ1v) is 6.05. The van der Waals surface area contributed by atoms with Crippen molar-refractivity contribution in [3.05, 3.63) is 0 Å². The average Bonchev–Trinajstić information content (AvgIpc) is 2.19. The molecule has 0 aromatic carbocycles. The zero-order valence-electron chi connectivity index (χ0n) is 10.5. The van der Waals surface area contributed by atoms with Gasteiger partial charge in [0, 0.05) is 33.1 Å². The molecule has 3 nitrogen and oxygen atoms in total. The third-order valence-electron chi connectivity index (χ3n) is 3.48. The van der Waals surface area contributed by atoms with E-state index >= 15 is 0 Å². The van der Waals surface area contributed by atoms with E-state index in [0.717, 1.165) is 13.1 Å². The van der Waals surface area contributed by atoms with Crippen molar-refractivity contribution >= 4 is 5.91 Å². The van der Waals surface area contributed by atoms with Crippen LogP contribution in [0.5, 0.6) is 0 Å². The summed E-state index contributed by atoms with van der Waals surface area (Å²) in [5.41, 5.74) is 0.570. The van der Waals surface area contributed by atoms with Crippen LogP contribution in [0.3, 0.4) is 0 Å². The SMILES string of the molecule is CC.CC(=O)N1CCC2(CC1)CN(C)C2. The van der Waals surface area contributed by atoms with Crippen LogP contribution in [0.2, 0.25) is 0 Å². The zero-order valence-corrected chi connectivity index (χ0v) is 10.5. The van der Waals surface area contributed by atoms with E-state index in [9.17, 15) is 4.79 Å². The Labute approximate surface area is 93.4 Å². The fraction of sp³-hybridized carbons (Fsp3) is 0.917. The fourth-order valence-electron chi connectivity index (χ4n) is 2.71. The molecule has 3 heteroatoms. The molecule has 0 radical (unpaired) electrons. The van der Waals surface area contributed by atoms with Crippen molar-refractivity contribution in [1.82, 2.24) is 9.80 Å². The lowest BCUT2D eigenvalue weighted by molar-refractivity contribution is -0.133. The van der Waals surface area contributed by atoms with Crippen LogP contribution in [0.15, 0.2) is 0 Å². The summed E-state index contributed by atoms with van der Waals surface area (Å²) in [5, 5.41) is 0. The van der Waals surface area contributed by atoms with E-state index < -0.39 is 0 Å². The molecule has 0 saturated carbocycles. The molecule has 2 saturated heterocycles. The molecular formula is C12H24N2O. The van der Waals surface area contributed by atoms with Crippen molar-refractivity contribution in [1.29, 1.82) is 0 Å². The van der Waals surface area contributed by atoms with E-state index in [4.69, 9.17) is 0 Å². The third-order valence-corrected chi connectivity index (χ3v) is 3.48. The van der Waals surface area contributed by atoms with Crippen LogP contribution in [-0.2, 0) is 4.79 Å². The van der Waals surface area contributed by atoms with Crippen LogP contribution in [0, 0.1) is 5.41 Å². The molecule has 0 N–H and O–H groups in total. The highest BCUT2D eigenvalue weighted by atomic mass is 16.2. The molecule has 0 aromatic rings. The Kier molecular flexibility index (Phi) is 4.14. The second-order valence-electron chi connectivity index (χ2n) is 4.68. The summed E-state index contributed by atoms with van der Waals surface area (Å²) < 4.78 is 0. The minimum Gasteiger partial charge on any atom is -0.343 e. The number of likely N-dealkylation sites (tertiary alicyclic amines) is 2. The second kappa shape index (κ2) is 4.97. The lowest BCUT2D eigenvalue weighted by Gasteiger charge is -2.52. The molecule has 2 fully saturated rings. The van der Waals surface area contributed by atoms with E-state index in [1.165, 1.54) is 25.9 Å². The molecule has 2 rings (SSSR count). The molecule has 2 aliphatic rings. The Morgan fingerprint density at radius 1 is 1.13 bits per heavy atom. The van der Waals surface area contributed by atoms with E-state index in [1.807, 2.05) is 18.7 Å². The summed E-state index contributed by atoms with van der Waals surface area (Å²) in [6, 6.07) is 0. The Balaban J connectivity index is 0.000000531. The van der Waals surface area contributed by atoms with Gasteiger partial charge in [0.05, 0.1) is 0 Å². The molecule has 0 unspecified atom stereocenters. The first-order chi connectivity index (χ1) is 7.11. The van der Waals surface area contributed by atoms with Gasteiger partial charge in [-0.05, 0) is 25.3 Å². The molecule has 88 valence electrons. The summed E-state index contributed by atoms with van der Waals surface area (Å²) in [5.74, 6) is 0.238. The number of amides is 1. The molecule has 15 heavy (non-hydrogen) atoms. The van der Waals surface area contributed by atoms with Gasteiger partial charge in [0.25, 0.3) is 0 Å². The lowest BCUT2D eigenvalue weighted by atomic mass is 9.72. The molecule has 0 aliphatic carbocycles.